The second kappa shape index (κ2) is 10.8. The highest BCUT2D eigenvalue weighted by Gasteiger charge is 2.47. The largest absolute Gasteiger partial charge is 0.330 e. The number of urea groups is 1. The lowest BCUT2D eigenvalue weighted by Gasteiger charge is -2.41. The Morgan fingerprint density at radius 1 is 1.17 bits per heavy atom. The van der Waals surface area contributed by atoms with Crippen molar-refractivity contribution in [3.05, 3.63) is 46.8 Å². The molecule has 3 aliphatic heterocycles. The van der Waals surface area contributed by atoms with Crippen LogP contribution in [-0.4, -0.2) is 91.3 Å². The van der Waals surface area contributed by atoms with Crippen LogP contribution in [-0.2, 0) is 0 Å². The molecule has 0 bridgehead atoms. The molecule has 6 heteroatoms. The minimum Gasteiger partial charge on any atom is -0.330 e. The van der Waals surface area contributed by atoms with Crippen molar-refractivity contribution in [1.29, 1.82) is 0 Å². The number of hydrogen-bond acceptors (Lipinski definition) is 4. The van der Waals surface area contributed by atoms with Crippen LogP contribution < -0.4 is 0 Å². The number of hydrogen-bond donors (Lipinski definition) is 0. The van der Waals surface area contributed by atoms with Gasteiger partial charge in [0.2, 0.25) is 0 Å². The molecule has 2 fully saturated rings. The molecule has 3 heterocycles. The van der Waals surface area contributed by atoms with Crippen molar-refractivity contribution in [2.45, 2.75) is 59.4 Å². The predicted molar refractivity (Wildman–Crippen MR) is 146 cm³/mol. The van der Waals surface area contributed by atoms with E-state index >= 15 is 0 Å². The van der Waals surface area contributed by atoms with Gasteiger partial charge in [-0.1, -0.05) is 23.8 Å². The maximum Gasteiger partial charge on any atom is 0.323 e. The molecule has 35 heavy (non-hydrogen) atoms. The molecule has 0 aromatic heterocycles. The average Bonchev–Trinajstić information content (AvgIpc) is 3.31. The van der Waals surface area contributed by atoms with E-state index in [2.05, 4.69) is 73.0 Å². The molecule has 2 atom stereocenters. The van der Waals surface area contributed by atoms with Crippen LogP contribution in [0.4, 0.5) is 4.79 Å². The zero-order chi connectivity index (χ0) is 25.2. The minimum absolute atomic E-state index is 0.0954. The van der Waals surface area contributed by atoms with E-state index in [9.17, 15) is 4.79 Å². The molecule has 1 unspecified atom stereocenters. The highest BCUT2D eigenvalue weighted by molar-refractivity contribution is 5.78. The van der Waals surface area contributed by atoms with Crippen LogP contribution >= 0.6 is 0 Å². The quantitative estimate of drug-likeness (QED) is 0.525. The molecular weight excluding hydrogens is 434 g/mol. The number of rotatable bonds is 5. The highest BCUT2D eigenvalue weighted by atomic mass is 16.2. The molecule has 1 aliphatic carbocycles. The molecule has 192 valence electrons. The lowest BCUT2D eigenvalue weighted by atomic mass is 9.73. The number of piperidine rings is 1. The Kier molecular flexibility index (Phi) is 8.02. The Labute approximate surface area is 212 Å². The van der Waals surface area contributed by atoms with E-state index < -0.39 is 0 Å². The predicted octanol–water partition coefficient (Wildman–Crippen LogP) is 4.93. The molecule has 0 radical (unpaired) electrons. The first-order valence-corrected chi connectivity index (χ1v) is 13.4. The van der Waals surface area contributed by atoms with E-state index in [1.54, 1.807) is 4.90 Å². The second-order valence-corrected chi connectivity index (χ2v) is 11.4. The Hall–Kier alpha value is -2.18. The topological polar surface area (TPSA) is 42.4 Å². The Bertz CT molecular complexity index is 944. The zero-order valence-corrected chi connectivity index (χ0v) is 22.8. The summed E-state index contributed by atoms with van der Waals surface area (Å²) in [5.74, 6) is 0.732. The molecule has 2 saturated heterocycles. The van der Waals surface area contributed by atoms with Crippen LogP contribution in [0, 0.1) is 11.3 Å². The van der Waals surface area contributed by atoms with Gasteiger partial charge in [-0.05, 0) is 90.6 Å². The van der Waals surface area contributed by atoms with Crippen LogP contribution in [0.3, 0.4) is 0 Å². The van der Waals surface area contributed by atoms with Crippen LogP contribution in [0.5, 0.6) is 0 Å². The van der Waals surface area contributed by atoms with Crippen molar-refractivity contribution >= 4 is 12.2 Å². The fourth-order valence-electron chi connectivity index (χ4n) is 5.97. The summed E-state index contributed by atoms with van der Waals surface area (Å²) in [5, 5.41) is 0. The van der Waals surface area contributed by atoms with Crippen molar-refractivity contribution in [1.82, 2.24) is 19.6 Å². The van der Waals surface area contributed by atoms with E-state index in [-0.39, 0.29) is 11.4 Å². The number of carbonyl (C=O) groups is 1. The molecule has 0 N–H and O–H groups in total. The number of fused-ring (bicyclic) bond motifs is 1. The fourth-order valence-corrected chi connectivity index (χ4v) is 5.97. The molecule has 4 rings (SSSR count). The number of likely N-dealkylation sites (tertiary alicyclic amines) is 2. The molecule has 6 nitrogen and oxygen atoms in total. The molecular formula is C29H45N5O. The van der Waals surface area contributed by atoms with E-state index in [0.29, 0.717) is 6.04 Å². The maximum atomic E-state index is 13.0. The van der Waals surface area contributed by atoms with E-state index in [1.165, 1.54) is 30.7 Å². The van der Waals surface area contributed by atoms with Gasteiger partial charge in [0.15, 0.2) is 0 Å². The summed E-state index contributed by atoms with van der Waals surface area (Å²) in [4.78, 5) is 26.6. The molecule has 1 spiro atoms. The van der Waals surface area contributed by atoms with Crippen LogP contribution in [0.15, 0.2) is 51.8 Å². The van der Waals surface area contributed by atoms with Crippen LogP contribution in [0.25, 0.3) is 0 Å². The standard InChI is InChI=1S/C29H45N5O/c1-22(2)24(4)30-18-23(3)33-15-12-25(20-33)19-32-16-13-29(14-17-32)21-34(28(35)31(5)6)27-11-9-7-8-10-26(27)29/h8-11,18,23,25H,7,12-17,19-21H2,1-6H3/t23?,25-/m1/s1. The SMILES string of the molecule is CC(C)=C(C)N=CC(C)N1CC[C@H](CN2CCC3(CC2)CN(C(=O)N(C)C)C2=C3C=CCC=C2)C1. The smallest absolute Gasteiger partial charge is 0.323 e. The summed E-state index contributed by atoms with van der Waals surface area (Å²) in [5.41, 5.74) is 5.01. The van der Waals surface area contributed by atoms with Crippen LogP contribution in [0.1, 0.15) is 53.4 Å². The molecule has 4 aliphatic rings. The van der Waals surface area contributed by atoms with Gasteiger partial charge in [-0.3, -0.25) is 14.8 Å². The fraction of sp³-hybridized carbons (Fsp3) is 0.655. The first-order valence-electron chi connectivity index (χ1n) is 13.4. The lowest BCUT2D eigenvalue weighted by Crippen LogP contribution is -2.46. The van der Waals surface area contributed by atoms with Gasteiger partial charge in [-0.25, -0.2) is 4.79 Å². The molecule has 0 aromatic carbocycles. The summed E-state index contributed by atoms with van der Waals surface area (Å²) in [6.07, 6.45) is 15.5. The summed E-state index contributed by atoms with van der Waals surface area (Å²) < 4.78 is 0. The van der Waals surface area contributed by atoms with Crippen molar-refractivity contribution in [2.24, 2.45) is 16.3 Å². The van der Waals surface area contributed by atoms with E-state index in [0.717, 1.165) is 62.8 Å². The first-order chi connectivity index (χ1) is 16.7. The van der Waals surface area contributed by atoms with Gasteiger partial charge in [0, 0.05) is 62.8 Å². The summed E-state index contributed by atoms with van der Waals surface area (Å²) in [6.45, 7) is 15.2. The molecule has 2 amide bonds. The van der Waals surface area contributed by atoms with E-state index in [1.807, 2.05) is 19.0 Å². The summed E-state index contributed by atoms with van der Waals surface area (Å²) in [6, 6.07) is 0.485. The van der Waals surface area contributed by atoms with Gasteiger partial charge < -0.3 is 9.80 Å². The van der Waals surface area contributed by atoms with Gasteiger partial charge in [-0.2, -0.15) is 0 Å². The number of allylic oxidation sites excluding steroid dienone is 6. The highest BCUT2D eigenvalue weighted by Crippen LogP contribution is 2.48. The third kappa shape index (κ3) is 5.64. The monoisotopic (exact) mass is 479 g/mol. The Morgan fingerprint density at radius 3 is 2.57 bits per heavy atom. The normalized spacial score (nSPS) is 25.4. The van der Waals surface area contributed by atoms with Crippen molar-refractivity contribution in [3.8, 4) is 0 Å². The summed E-state index contributed by atoms with van der Waals surface area (Å²) >= 11 is 0. The average molecular weight is 480 g/mol. The van der Waals surface area contributed by atoms with Gasteiger partial charge in [0.25, 0.3) is 0 Å². The number of nitrogens with zero attached hydrogens (tertiary/aromatic N) is 5. The third-order valence-corrected chi connectivity index (χ3v) is 8.48. The Balaban J connectivity index is 1.34. The Morgan fingerprint density at radius 2 is 1.89 bits per heavy atom. The minimum atomic E-state index is 0.0954. The van der Waals surface area contributed by atoms with E-state index in [4.69, 9.17) is 0 Å². The molecule has 0 saturated carbocycles. The number of amides is 2. The maximum absolute atomic E-state index is 13.0. The van der Waals surface area contributed by atoms with Gasteiger partial charge >= 0.3 is 6.03 Å². The zero-order valence-electron chi connectivity index (χ0n) is 22.8. The van der Waals surface area contributed by atoms with Gasteiger partial charge in [-0.15, -0.1) is 0 Å². The van der Waals surface area contributed by atoms with Crippen molar-refractivity contribution in [2.75, 3.05) is 53.4 Å². The molecule has 0 aromatic rings. The first kappa shape index (κ1) is 25.9. The van der Waals surface area contributed by atoms with Crippen molar-refractivity contribution in [3.63, 3.8) is 0 Å². The lowest BCUT2D eigenvalue weighted by molar-refractivity contribution is 0.108. The van der Waals surface area contributed by atoms with Crippen LogP contribution in [0.2, 0.25) is 0 Å². The van der Waals surface area contributed by atoms with Gasteiger partial charge in [0.05, 0.1) is 0 Å². The summed E-state index contributed by atoms with van der Waals surface area (Å²) in [7, 11) is 3.71. The number of carbonyl (C=O) groups excluding carboxylic acids is 1. The second-order valence-electron chi connectivity index (χ2n) is 11.4. The van der Waals surface area contributed by atoms with Crippen molar-refractivity contribution < 1.29 is 4.79 Å². The third-order valence-electron chi connectivity index (χ3n) is 8.48. The number of aliphatic imine (C=N–C) groups is 1. The van der Waals surface area contributed by atoms with Gasteiger partial charge in [0.1, 0.15) is 0 Å².